The van der Waals surface area contributed by atoms with Crippen LogP contribution in [0.4, 0.5) is 0 Å². The van der Waals surface area contributed by atoms with Gasteiger partial charge in [-0.15, -0.1) is 11.6 Å². The second-order valence-electron chi connectivity index (χ2n) is 5.68. The number of hydrogen-bond acceptors (Lipinski definition) is 1. The number of rotatable bonds is 4. The van der Waals surface area contributed by atoms with Crippen LogP contribution in [0.25, 0.3) is 0 Å². The molecule has 1 nitrogen and oxygen atoms in total. The van der Waals surface area contributed by atoms with Gasteiger partial charge in [0, 0.05) is 5.41 Å². The summed E-state index contributed by atoms with van der Waals surface area (Å²) in [5.41, 5.74) is 3.34. The third-order valence-electron chi connectivity index (χ3n) is 3.86. The maximum Gasteiger partial charge on any atom is 0.121 e. The number of ether oxygens (including phenoxy) is 1. The van der Waals surface area contributed by atoms with E-state index >= 15 is 0 Å². The zero-order valence-corrected chi connectivity index (χ0v) is 13.2. The Balaban J connectivity index is 2.35. The molecule has 0 N–H and O–H groups in total. The molecule has 0 aliphatic carbocycles. The van der Waals surface area contributed by atoms with E-state index in [-0.39, 0.29) is 10.8 Å². The molecule has 0 aromatic heterocycles. The van der Waals surface area contributed by atoms with Gasteiger partial charge in [-0.1, -0.05) is 56.3 Å². The highest BCUT2D eigenvalue weighted by molar-refractivity contribution is 6.21. The Morgan fingerprint density at radius 3 is 2.25 bits per heavy atom. The van der Waals surface area contributed by atoms with Crippen LogP contribution < -0.4 is 4.74 Å². The minimum atomic E-state index is -0.135. The lowest BCUT2D eigenvalue weighted by Crippen LogP contribution is -2.23. The van der Waals surface area contributed by atoms with Crippen molar-refractivity contribution in [3.8, 4) is 5.75 Å². The van der Waals surface area contributed by atoms with E-state index in [1.165, 1.54) is 5.56 Å². The van der Waals surface area contributed by atoms with Crippen molar-refractivity contribution in [2.75, 3.05) is 7.11 Å². The van der Waals surface area contributed by atoms with Crippen molar-refractivity contribution in [2.45, 2.75) is 31.6 Å². The lowest BCUT2D eigenvalue weighted by Gasteiger charge is -2.31. The fourth-order valence-corrected chi connectivity index (χ4v) is 2.75. The fraction of sp³-hybridized carbons (Fsp3) is 0.333. The molecule has 0 bridgehead atoms. The van der Waals surface area contributed by atoms with Crippen molar-refractivity contribution in [3.05, 3.63) is 65.2 Å². The van der Waals surface area contributed by atoms with Crippen LogP contribution in [-0.4, -0.2) is 7.11 Å². The first kappa shape index (κ1) is 14.9. The molecular weight excluding hydrogens is 268 g/mol. The second-order valence-corrected chi connectivity index (χ2v) is 6.12. The normalized spacial score (nSPS) is 13.1. The van der Waals surface area contributed by atoms with Crippen LogP contribution in [0.2, 0.25) is 0 Å². The first-order chi connectivity index (χ1) is 9.46. The van der Waals surface area contributed by atoms with Crippen molar-refractivity contribution in [1.29, 1.82) is 0 Å². The quantitative estimate of drug-likeness (QED) is 0.697. The summed E-state index contributed by atoms with van der Waals surface area (Å²) in [6, 6.07) is 16.5. The van der Waals surface area contributed by atoms with Gasteiger partial charge in [0.05, 0.1) is 12.5 Å². The first-order valence-corrected chi connectivity index (χ1v) is 7.24. The molecular formula is C18H21ClO. The number of benzene rings is 2. The van der Waals surface area contributed by atoms with Gasteiger partial charge in [0.1, 0.15) is 5.75 Å². The topological polar surface area (TPSA) is 9.23 Å². The molecule has 0 spiro atoms. The molecule has 0 heterocycles. The van der Waals surface area contributed by atoms with E-state index in [1.807, 2.05) is 25.1 Å². The van der Waals surface area contributed by atoms with E-state index in [4.69, 9.17) is 16.3 Å². The SMILES string of the molecule is COc1ccc(C(Cl)C(C)(C)c2ccccc2)cc1C. The van der Waals surface area contributed by atoms with Crippen LogP contribution in [0.15, 0.2) is 48.5 Å². The largest absolute Gasteiger partial charge is 0.496 e. The number of aryl methyl sites for hydroxylation is 1. The van der Waals surface area contributed by atoms with Gasteiger partial charge in [-0.3, -0.25) is 0 Å². The smallest absolute Gasteiger partial charge is 0.121 e. The fourth-order valence-electron chi connectivity index (χ4n) is 2.49. The van der Waals surface area contributed by atoms with Gasteiger partial charge in [0.25, 0.3) is 0 Å². The summed E-state index contributed by atoms with van der Waals surface area (Å²) in [7, 11) is 1.69. The second kappa shape index (κ2) is 5.88. The molecule has 0 aliphatic heterocycles. The van der Waals surface area contributed by atoms with Crippen molar-refractivity contribution in [1.82, 2.24) is 0 Å². The predicted octanol–water partition coefficient (Wildman–Crippen LogP) is 5.26. The molecule has 0 saturated carbocycles. The molecule has 0 aliphatic rings. The third kappa shape index (κ3) is 2.83. The Kier molecular flexibility index (Phi) is 4.39. The summed E-state index contributed by atoms with van der Waals surface area (Å²) in [6.45, 7) is 6.40. The molecule has 1 atom stereocenters. The lowest BCUT2D eigenvalue weighted by atomic mass is 9.78. The molecule has 20 heavy (non-hydrogen) atoms. The van der Waals surface area contributed by atoms with Crippen LogP contribution in [0.5, 0.6) is 5.75 Å². The van der Waals surface area contributed by atoms with Crippen molar-refractivity contribution in [2.24, 2.45) is 0 Å². The van der Waals surface area contributed by atoms with E-state index < -0.39 is 0 Å². The zero-order chi connectivity index (χ0) is 14.8. The highest BCUT2D eigenvalue weighted by Crippen LogP contribution is 2.42. The highest BCUT2D eigenvalue weighted by atomic mass is 35.5. The zero-order valence-electron chi connectivity index (χ0n) is 12.5. The minimum Gasteiger partial charge on any atom is -0.496 e. The molecule has 2 aromatic rings. The van der Waals surface area contributed by atoms with Gasteiger partial charge >= 0.3 is 0 Å². The molecule has 0 amide bonds. The summed E-state index contributed by atoms with van der Waals surface area (Å²) >= 11 is 6.76. The number of hydrogen-bond donors (Lipinski definition) is 0. The van der Waals surface area contributed by atoms with Crippen molar-refractivity contribution < 1.29 is 4.74 Å². The van der Waals surface area contributed by atoms with Crippen molar-refractivity contribution >= 4 is 11.6 Å². The Morgan fingerprint density at radius 2 is 1.70 bits per heavy atom. The molecule has 2 aromatic carbocycles. The summed E-state index contributed by atoms with van der Waals surface area (Å²) in [5, 5.41) is -0.0884. The average Bonchev–Trinajstić information content (AvgIpc) is 2.47. The van der Waals surface area contributed by atoms with Gasteiger partial charge in [0.2, 0.25) is 0 Å². The third-order valence-corrected chi connectivity index (χ3v) is 4.66. The van der Waals surface area contributed by atoms with E-state index in [0.29, 0.717) is 0 Å². The van der Waals surface area contributed by atoms with E-state index in [9.17, 15) is 0 Å². The number of methoxy groups -OCH3 is 1. The average molecular weight is 289 g/mol. The Bertz CT molecular complexity index is 575. The van der Waals surface area contributed by atoms with Gasteiger partial charge in [-0.2, -0.15) is 0 Å². The van der Waals surface area contributed by atoms with Crippen LogP contribution in [0, 0.1) is 6.92 Å². The maximum atomic E-state index is 6.76. The molecule has 2 rings (SSSR count). The molecule has 0 radical (unpaired) electrons. The predicted molar refractivity (Wildman–Crippen MR) is 85.8 cm³/mol. The molecule has 1 unspecified atom stereocenters. The molecule has 2 heteroatoms. The maximum absolute atomic E-state index is 6.76. The number of halogens is 1. The Morgan fingerprint density at radius 1 is 1.05 bits per heavy atom. The summed E-state index contributed by atoms with van der Waals surface area (Å²) in [4.78, 5) is 0. The van der Waals surface area contributed by atoms with E-state index in [2.05, 4.69) is 44.2 Å². The summed E-state index contributed by atoms with van der Waals surface area (Å²) in [5.74, 6) is 0.898. The van der Waals surface area contributed by atoms with Crippen LogP contribution in [0.3, 0.4) is 0 Å². The van der Waals surface area contributed by atoms with Crippen LogP contribution >= 0.6 is 11.6 Å². The Hall–Kier alpha value is -1.47. The molecule has 106 valence electrons. The van der Waals surface area contributed by atoms with Gasteiger partial charge in [-0.25, -0.2) is 0 Å². The van der Waals surface area contributed by atoms with Crippen LogP contribution in [-0.2, 0) is 5.41 Å². The van der Waals surface area contributed by atoms with E-state index in [1.54, 1.807) is 7.11 Å². The number of alkyl halides is 1. The first-order valence-electron chi connectivity index (χ1n) is 6.81. The minimum absolute atomic E-state index is 0.0884. The summed E-state index contributed by atoms with van der Waals surface area (Å²) in [6.07, 6.45) is 0. The standard InChI is InChI=1S/C18H21ClO/c1-13-12-14(10-11-16(13)20-4)17(19)18(2,3)15-8-6-5-7-9-15/h5-12,17H,1-4H3. The highest BCUT2D eigenvalue weighted by Gasteiger charge is 2.31. The monoisotopic (exact) mass is 288 g/mol. The van der Waals surface area contributed by atoms with Crippen molar-refractivity contribution in [3.63, 3.8) is 0 Å². The molecule has 0 fully saturated rings. The lowest BCUT2D eigenvalue weighted by molar-refractivity contribution is 0.411. The van der Waals surface area contributed by atoms with Gasteiger partial charge in [0.15, 0.2) is 0 Å². The summed E-state index contributed by atoms with van der Waals surface area (Å²) < 4.78 is 5.31. The van der Waals surface area contributed by atoms with Gasteiger partial charge in [-0.05, 0) is 29.7 Å². The van der Waals surface area contributed by atoms with Gasteiger partial charge < -0.3 is 4.74 Å². The molecule has 0 saturated heterocycles. The van der Waals surface area contributed by atoms with Crippen LogP contribution in [0.1, 0.15) is 35.9 Å². The Labute approximate surface area is 126 Å². The van der Waals surface area contributed by atoms with E-state index in [0.717, 1.165) is 16.9 Å².